The molecule has 2 atom stereocenters. The largest absolute Gasteiger partial charge is 0.494 e. The minimum absolute atomic E-state index is 0.0858. The Balaban J connectivity index is 2.21. The third kappa shape index (κ3) is 4.45. The first-order valence-corrected chi connectivity index (χ1v) is 9.54. The highest BCUT2D eigenvalue weighted by atomic mass is 32.2. The fourth-order valence-electron chi connectivity index (χ4n) is 2.91. The summed E-state index contributed by atoms with van der Waals surface area (Å²) in [4.78, 5) is 0. The number of benzene rings is 1. The number of nitrogens with one attached hydrogen (secondary N) is 1. The summed E-state index contributed by atoms with van der Waals surface area (Å²) in [6.45, 7) is 5.60. The Morgan fingerprint density at radius 2 is 2.19 bits per heavy atom. The van der Waals surface area contributed by atoms with Gasteiger partial charge in [-0.05, 0) is 49.9 Å². The fraction of sp³-hybridized carbons (Fsp3) is 0.625. The van der Waals surface area contributed by atoms with Crippen molar-refractivity contribution in [1.82, 2.24) is 5.32 Å². The maximum atomic E-state index is 11.8. The molecule has 21 heavy (non-hydrogen) atoms. The van der Waals surface area contributed by atoms with E-state index in [-0.39, 0.29) is 17.7 Å². The molecule has 0 spiro atoms. The maximum absolute atomic E-state index is 11.8. The molecule has 0 radical (unpaired) electrons. The van der Waals surface area contributed by atoms with Crippen LogP contribution in [0.3, 0.4) is 0 Å². The third-order valence-corrected chi connectivity index (χ3v) is 5.68. The van der Waals surface area contributed by atoms with Gasteiger partial charge in [0, 0.05) is 6.04 Å². The van der Waals surface area contributed by atoms with Crippen molar-refractivity contribution in [3.05, 3.63) is 29.8 Å². The fourth-order valence-corrected chi connectivity index (χ4v) is 4.75. The van der Waals surface area contributed by atoms with Crippen LogP contribution >= 0.6 is 0 Å². The summed E-state index contributed by atoms with van der Waals surface area (Å²) in [5, 5.41) is 3.51. The first-order chi connectivity index (χ1) is 10.1. The van der Waals surface area contributed by atoms with Crippen molar-refractivity contribution in [1.29, 1.82) is 0 Å². The van der Waals surface area contributed by atoms with Crippen LogP contribution in [0.2, 0.25) is 0 Å². The SMILES string of the molecule is CCCNC(c1cccc(OCC)c1)C1CCS(=O)(=O)C1. The second kappa shape index (κ2) is 7.27. The van der Waals surface area contributed by atoms with E-state index >= 15 is 0 Å². The molecular weight excluding hydrogens is 286 g/mol. The highest BCUT2D eigenvalue weighted by Crippen LogP contribution is 2.32. The smallest absolute Gasteiger partial charge is 0.150 e. The van der Waals surface area contributed by atoms with Crippen LogP contribution in [0.25, 0.3) is 0 Å². The molecule has 118 valence electrons. The minimum Gasteiger partial charge on any atom is -0.494 e. The molecule has 1 aromatic rings. The zero-order valence-corrected chi connectivity index (χ0v) is 13.7. The number of hydrogen-bond acceptors (Lipinski definition) is 4. The van der Waals surface area contributed by atoms with Crippen LogP contribution in [0.5, 0.6) is 5.75 Å². The van der Waals surface area contributed by atoms with E-state index in [1.54, 1.807) is 0 Å². The van der Waals surface area contributed by atoms with E-state index in [2.05, 4.69) is 18.3 Å². The molecule has 0 bridgehead atoms. The number of sulfone groups is 1. The van der Waals surface area contributed by atoms with Crippen LogP contribution in [0.15, 0.2) is 24.3 Å². The van der Waals surface area contributed by atoms with Gasteiger partial charge in [0.15, 0.2) is 9.84 Å². The molecule has 1 saturated heterocycles. The maximum Gasteiger partial charge on any atom is 0.150 e. The number of hydrogen-bond donors (Lipinski definition) is 1. The molecule has 4 nitrogen and oxygen atoms in total. The quantitative estimate of drug-likeness (QED) is 0.841. The second-order valence-corrected chi connectivity index (χ2v) is 7.83. The Bertz CT molecular complexity index is 556. The van der Waals surface area contributed by atoms with Crippen LogP contribution in [-0.4, -0.2) is 33.1 Å². The average molecular weight is 311 g/mol. The van der Waals surface area contributed by atoms with E-state index in [9.17, 15) is 8.42 Å². The zero-order chi connectivity index (χ0) is 15.3. The Morgan fingerprint density at radius 3 is 2.81 bits per heavy atom. The van der Waals surface area contributed by atoms with E-state index in [0.717, 1.165) is 30.7 Å². The molecule has 1 heterocycles. The molecule has 0 aliphatic carbocycles. The summed E-state index contributed by atoms with van der Waals surface area (Å²) in [6, 6.07) is 8.09. The molecule has 0 aromatic heterocycles. The van der Waals surface area contributed by atoms with Crippen LogP contribution in [0.4, 0.5) is 0 Å². The summed E-state index contributed by atoms with van der Waals surface area (Å²) in [6.07, 6.45) is 1.77. The van der Waals surface area contributed by atoms with Gasteiger partial charge >= 0.3 is 0 Å². The molecule has 0 saturated carbocycles. The van der Waals surface area contributed by atoms with Gasteiger partial charge in [-0.2, -0.15) is 0 Å². The molecule has 5 heteroatoms. The van der Waals surface area contributed by atoms with E-state index < -0.39 is 9.84 Å². The van der Waals surface area contributed by atoms with Gasteiger partial charge in [0.05, 0.1) is 18.1 Å². The predicted octanol–water partition coefficient (Wildman–Crippen LogP) is 2.56. The van der Waals surface area contributed by atoms with Crippen molar-refractivity contribution in [2.24, 2.45) is 5.92 Å². The first kappa shape index (κ1) is 16.3. The van der Waals surface area contributed by atoms with Crippen molar-refractivity contribution in [3.8, 4) is 5.75 Å². The van der Waals surface area contributed by atoms with Gasteiger partial charge in [-0.25, -0.2) is 8.42 Å². The topological polar surface area (TPSA) is 55.4 Å². The number of ether oxygens (including phenoxy) is 1. The Kier molecular flexibility index (Phi) is 5.65. The first-order valence-electron chi connectivity index (χ1n) is 7.72. The summed E-state index contributed by atoms with van der Waals surface area (Å²) >= 11 is 0. The van der Waals surface area contributed by atoms with Crippen LogP contribution in [0.1, 0.15) is 38.3 Å². The average Bonchev–Trinajstić information content (AvgIpc) is 2.80. The summed E-state index contributed by atoms with van der Waals surface area (Å²) in [5.41, 5.74) is 1.12. The van der Waals surface area contributed by atoms with Crippen molar-refractivity contribution in [3.63, 3.8) is 0 Å². The summed E-state index contributed by atoms with van der Waals surface area (Å²) < 4.78 is 29.1. The van der Waals surface area contributed by atoms with Crippen molar-refractivity contribution >= 4 is 9.84 Å². The van der Waals surface area contributed by atoms with E-state index in [0.29, 0.717) is 12.4 Å². The van der Waals surface area contributed by atoms with Gasteiger partial charge in [-0.3, -0.25) is 0 Å². The summed E-state index contributed by atoms with van der Waals surface area (Å²) in [7, 11) is -2.87. The standard InChI is InChI=1S/C16H25NO3S/c1-3-9-17-16(14-8-10-21(18,19)12-14)13-6-5-7-15(11-13)20-4-2/h5-7,11,14,16-17H,3-4,8-10,12H2,1-2H3. The lowest BCUT2D eigenvalue weighted by Gasteiger charge is -2.25. The van der Waals surface area contributed by atoms with Gasteiger partial charge in [0.1, 0.15) is 5.75 Å². The normalized spacial score (nSPS) is 22.1. The van der Waals surface area contributed by atoms with E-state index in [1.165, 1.54) is 0 Å². The van der Waals surface area contributed by atoms with Crippen molar-refractivity contribution in [2.75, 3.05) is 24.7 Å². The Morgan fingerprint density at radius 1 is 1.38 bits per heavy atom. The molecule has 2 rings (SSSR count). The highest BCUT2D eigenvalue weighted by Gasteiger charge is 2.34. The van der Waals surface area contributed by atoms with E-state index in [4.69, 9.17) is 4.74 Å². The minimum atomic E-state index is -2.87. The van der Waals surface area contributed by atoms with Crippen LogP contribution in [-0.2, 0) is 9.84 Å². The van der Waals surface area contributed by atoms with Gasteiger partial charge in [0.25, 0.3) is 0 Å². The lowest BCUT2D eigenvalue weighted by atomic mass is 9.92. The molecule has 1 aromatic carbocycles. The lowest BCUT2D eigenvalue weighted by Crippen LogP contribution is -2.29. The molecular formula is C16H25NO3S. The Hall–Kier alpha value is -1.07. The second-order valence-electron chi connectivity index (χ2n) is 5.60. The van der Waals surface area contributed by atoms with E-state index in [1.807, 2.05) is 25.1 Å². The van der Waals surface area contributed by atoms with Gasteiger partial charge in [0.2, 0.25) is 0 Å². The monoisotopic (exact) mass is 311 g/mol. The van der Waals surface area contributed by atoms with Crippen molar-refractivity contribution < 1.29 is 13.2 Å². The van der Waals surface area contributed by atoms with Crippen molar-refractivity contribution in [2.45, 2.75) is 32.7 Å². The molecule has 2 unspecified atom stereocenters. The van der Waals surface area contributed by atoms with Gasteiger partial charge < -0.3 is 10.1 Å². The molecule has 0 amide bonds. The molecule has 1 aliphatic heterocycles. The molecule has 1 N–H and O–H groups in total. The van der Waals surface area contributed by atoms with Gasteiger partial charge in [-0.1, -0.05) is 19.1 Å². The van der Waals surface area contributed by atoms with Crippen LogP contribution < -0.4 is 10.1 Å². The third-order valence-electron chi connectivity index (χ3n) is 3.88. The zero-order valence-electron chi connectivity index (χ0n) is 12.8. The van der Waals surface area contributed by atoms with Gasteiger partial charge in [-0.15, -0.1) is 0 Å². The highest BCUT2D eigenvalue weighted by molar-refractivity contribution is 7.91. The molecule has 1 aliphatic rings. The summed E-state index contributed by atoms with van der Waals surface area (Å²) in [5.74, 6) is 1.60. The Labute approximate surface area is 127 Å². The predicted molar refractivity (Wildman–Crippen MR) is 85.4 cm³/mol. The number of rotatable bonds is 7. The van der Waals surface area contributed by atoms with Crippen LogP contribution in [0, 0.1) is 5.92 Å². The molecule has 1 fully saturated rings. The lowest BCUT2D eigenvalue weighted by molar-refractivity contribution is 0.337.